The molecule has 0 spiro atoms. The van der Waals surface area contributed by atoms with Crippen LogP contribution in [-0.2, 0) is 6.54 Å². The molecule has 3 aromatic heterocycles. The van der Waals surface area contributed by atoms with Crippen LogP contribution in [0.2, 0.25) is 0 Å². The molecule has 0 amide bonds. The molecule has 2 N–H and O–H groups in total. The summed E-state index contributed by atoms with van der Waals surface area (Å²) in [5.41, 5.74) is 2.81. The summed E-state index contributed by atoms with van der Waals surface area (Å²) >= 11 is 0. The summed E-state index contributed by atoms with van der Waals surface area (Å²) in [5.74, 6) is 0.349. The molecule has 1 saturated heterocycles. The Balaban J connectivity index is 1.49. The van der Waals surface area contributed by atoms with Gasteiger partial charge < -0.3 is 15.4 Å². The van der Waals surface area contributed by atoms with Crippen molar-refractivity contribution in [1.29, 1.82) is 0 Å². The molecule has 1 unspecified atom stereocenters. The van der Waals surface area contributed by atoms with E-state index in [2.05, 4.69) is 44.6 Å². The first-order valence-electron chi connectivity index (χ1n) is 11.2. The molecular formula is C23H27FN8O. The van der Waals surface area contributed by atoms with E-state index in [9.17, 15) is 4.39 Å². The fourth-order valence-electron chi connectivity index (χ4n) is 4.03. The minimum absolute atomic E-state index is 0.0115. The van der Waals surface area contributed by atoms with E-state index in [0.29, 0.717) is 28.9 Å². The van der Waals surface area contributed by atoms with Crippen molar-refractivity contribution >= 4 is 11.6 Å². The van der Waals surface area contributed by atoms with Gasteiger partial charge in [-0.3, -0.25) is 0 Å². The van der Waals surface area contributed by atoms with Crippen LogP contribution in [0.3, 0.4) is 0 Å². The number of piperidine rings is 1. The standard InChI is InChI=1S/C23H27FN8O/c1-15(2)17-14-28-32-21(17)29-23(33-16-6-4-9-25-12-16)30-22(32)26-13-18-19(24)7-3-8-20(18)31-11-5-10-27-31/h3,5,7-8,10-11,14-16,25H,4,6,9,12-13H2,1-2H3,(H,26,29,30). The van der Waals surface area contributed by atoms with Gasteiger partial charge in [-0.05, 0) is 43.5 Å². The Morgan fingerprint density at radius 2 is 2.15 bits per heavy atom. The van der Waals surface area contributed by atoms with E-state index in [1.807, 2.05) is 6.07 Å². The maximum Gasteiger partial charge on any atom is 0.322 e. The van der Waals surface area contributed by atoms with Crippen LogP contribution in [-0.4, -0.2) is 48.6 Å². The van der Waals surface area contributed by atoms with Crippen molar-refractivity contribution in [2.75, 3.05) is 18.4 Å². The number of nitrogens with zero attached hydrogens (tertiary/aromatic N) is 6. The second kappa shape index (κ2) is 9.14. The van der Waals surface area contributed by atoms with Gasteiger partial charge in [-0.25, -0.2) is 9.07 Å². The Labute approximate surface area is 191 Å². The fraction of sp³-hybridized carbons (Fsp3) is 0.391. The Kier molecular flexibility index (Phi) is 5.91. The largest absolute Gasteiger partial charge is 0.459 e. The van der Waals surface area contributed by atoms with Crippen LogP contribution >= 0.6 is 0 Å². The molecular weight excluding hydrogens is 423 g/mol. The van der Waals surface area contributed by atoms with Gasteiger partial charge in [0.05, 0.1) is 11.9 Å². The van der Waals surface area contributed by atoms with E-state index in [1.54, 1.807) is 39.9 Å². The summed E-state index contributed by atoms with van der Waals surface area (Å²) in [6.07, 6.45) is 7.25. The normalized spacial score (nSPS) is 16.4. The summed E-state index contributed by atoms with van der Waals surface area (Å²) in [7, 11) is 0. The van der Waals surface area contributed by atoms with Gasteiger partial charge >= 0.3 is 6.01 Å². The van der Waals surface area contributed by atoms with Crippen LogP contribution < -0.4 is 15.4 Å². The average molecular weight is 451 g/mol. The molecule has 0 saturated carbocycles. The number of halogens is 1. The van der Waals surface area contributed by atoms with E-state index in [-0.39, 0.29) is 24.4 Å². The first-order chi connectivity index (χ1) is 16.1. The van der Waals surface area contributed by atoms with E-state index in [1.165, 1.54) is 6.07 Å². The number of rotatable bonds is 7. The number of nitrogens with one attached hydrogen (secondary N) is 2. The maximum atomic E-state index is 14.8. The minimum Gasteiger partial charge on any atom is -0.459 e. The molecule has 5 rings (SSSR count). The third kappa shape index (κ3) is 4.38. The van der Waals surface area contributed by atoms with Crippen molar-refractivity contribution in [3.63, 3.8) is 0 Å². The molecule has 0 radical (unpaired) electrons. The predicted octanol–water partition coefficient (Wildman–Crippen LogP) is 3.32. The van der Waals surface area contributed by atoms with Gasteiger partial charge in [0.25, 0.3) is 0 Å². The van der Waals surface area contributed by atoms with E-state index in [4.69, 9.17) is 4.74 Å². The van der Waals surface area contributed by atoms with Crippen molar-refractivity contribution in [1.82, 2.24) is 34.7 Å². The molecule has 1 aliphatic heterocycles. The first-order valence-corrected chi connectivity index (χ1v) is 11.2. The molecule has 1 atom stereocenters. The Bertz CT molecular complexity index is 1230. The third-order valence-electron chi connectivity index (χ3n) is 5.79. The smallest absolute Gasteiger partial charge is 0.322 e. The lowest BCUT2D eigenvalue weighted by Gasteiger charge is -2.23. The lowest BCUT2D eigenvalue weighted by atomic mass is 10.1. The van der Waals surface area contributed by atoms with Crippen molar-refractivity contribution < 1.29 is 9.13 Å². The number of hydrogen-bond acceptors (Lipinski definition) is 7. The van der Waals surface area contributed by atoms with E-state index >= 15 is 0 Å². The summed E-state index contributed by atoms with van der Waals surface area (Å²) in [6, 6.07) is 7.04. The molecule has 172 valence electrons. The van der Waals surface area contributed by atoms with Crippen molar-refractivity contribution in [2.24, 2.45) is 0 Å². The predicted molar refractivity (Wildman–Crippen MR) is 122 cm³/mol. The first kappa shape index (κ1) is 21.3. The van der Waals surface area contributed by atoms with Crippen LogP contribution in [0.15, 0.2) is 42.9 Å². The molecule has 0 aliphatic carbocycles. The highest BCUT2D eigenvalue weighted by molar-refractivity contribution is 5.53. The molecule has 4 heterocycles. The highest BCUT2D eigenvalue weighted by Crippen LogP contribution is 2.25. The highest BCUT2D eigenvalue weighted by atomic mass is 19.1. The van der Waals surface area contributed by atoms with Gasteiger partial charge in [-0.1, -0.05) is 19.9 Å². The minimum atomic E-state index is -0.325. The number of benzene rings is 1. The quantitative estimate of drug-likeness (QED) is 0.446. The Hall–Kier alpha value is -3.53. The van der Waals surface area contributed by atoms with Crippen LogP contribution in [0, 0.1) is 5.82 Å². The topological polar surface area (TPSA) is 94.2 Å². The van der Waals surface area contributed by atoms with Crippen molar-refractivity contribution in [2.45, 2.75) is 45.3 Å². The third-order valence-corrected chi connectivity index (χ3v) is 5.79. The summed E-state index contributed by atoms with van der Waals surface area (Å²) < 4.78 is 24.2. The number of anilines is 1. The number of fused-ring (bicyclic) bond motifs is 1. The molecule has 4 aromatic rings. The maximum absolute atomic E-state index is 14.8. The summed E-state index contributed by atoms with van der Waals surface area (Å²) in [5, 5.41) is 15.3. The fourth-order valence-corrected chi connectivity index (χ4v) is 4.03. The van der Waals surface area contributed by atoms with Gasteiger partial charge in [0.15, 0.2) is 5.65 Å². The molecule has 33 heavy (non-hydrogen) atoms. The zero-order chi connectivity index (χ0) is 22.8. The number of ether oxygens (including phenoxy) is 1. The molecule has 9 nitrogen and oxygen atoms in total. The second-order valence-corrected chi connectivity index (χ2v) is 8.45. The summed E-state index contributed by atoms with van der Waals surface area (Å²) in [6.45, 7) is 6.13. The number of aromatic nitrogens is 6. The van der Waals surface area contributed by atoms with Crippen LogP contribution in [0.1, 0.15) is 43.7 Å². The zero-order valence-electron chi connectivity index (χ0n) is 18.7. The second-order valence-electron chi connectivity index (χ2n) is 8.45. The average Bonchev–Trinajstić information content (AvgIpc) is 3.49. The van der Waals surface area contributed by atoms with E-state index in [0.717, 1.165) is 31.5 Å². The van der Waals surface area contributed by atoms with Crippen molar-refractivity contribution in [3.05, 3.63) is 59.8 Å². The lowest BCUT2D eigenvalue weighted by Crippen LogP contribution is -2.37. The zero-order valence-corrected chi connectivity index (χ0v) is 18.7. The van der Waals surface area contributed by atoms with Gasteiger partial charge in [0, 0.05) is 36.6 Å². The van der Waals surface area contributed by atoms with E-state index < -0.39 is 0 Å². The molecule has 10 heteroatoms. The van der Waals surface area contributed by atoms with Crippen molar-refractivity contribution in [3.8, 4) is 11.7 Å². The van der Waals surface area contributed by atoms with Crippen LogP contribution in [0.5, 0.6) is 6.01 Å². The molecule has 1 aliphatic rings. The highest BCUT2D eigenvalue weighted by Gasteiger charge is 2.20. The lowest BCUT2D eigenvalue weighted by molar-refractivity contribution is 0.153. The van der Waals surface area contributed by atoms with Gasteiger partial charge in [0.2, 0.25) is 5.95 Å². The van der Waals surface area contributed by atoms with Gasteiger partial charge in [0.1, 0.15) is 11.9 Å². The molecule has 1 fully saturated rings. The monoisotopic (exact) mass is 450 g/mol. The van der Waals surface area contributed by atoms with Gasteiger partial charge in [-0.15, -0.1) is 0 Å². The van der Waals surface area contributed by atoms with Gasteiger partial charge in [-0.2, -0.15) is 24.7 Å². The SMILES string of the molecule is CC(C)c1cnn2c(NCc3c(F)cccc3-n3cccn3)nc(OC3CCCNC3)nc12. The number of hydrogen-bond donors (Lipinski definition) is 2. The molecule has 1 aromatic carbocycles. The van der Waals surface area contributed by atoms with Crippen LogP contribution in [0.4, 0.5) is 10.3 Å². The molecule has 0 bridgehead atoms. The summed E-state index contributed by atoms with van der Waals surface area (Å²) in [4.78, 5) is 9.24. The Morgan fingerprint density at radius 1 is 1.24 bits per heavy atom. The Morgan fingerprint density at radius 3 is 2.91 bits per heavy atom. The van der Waals surface area contributed by atoms with Crippen LogP contribution in [0.25, 0.3) is 11.3 Å².